The van der Waals surface area contributed by atoms with Crippen molar-refractivity contribution in [2.45, 2.75) is 68.0 Å². The van der Waals surface area contributed by atoms with Crippen molar-refractivity contribution in [1.29, 1.82) is 0 Å². The van der Waals surface area contributed by atoms with Crippen LogP contribution in [0.15, 0.2) is 107 Å². The van der Waals surface area contributed by atoms with E-state index >= 15 is 0 Å². The third-order valence-electron chi connectivity index (χ3n) is 7.87. The van der Waals surface area contributed by atoms with Gasteiger partial charge in [-0.3, -0.25) is 17.2 Å². The number of hydrogen-bond donors (Lipinski definition) is 0. The van der Waals surface area contributed by atoms with Gasteiger partial charge in [0.2, 0.25) is 0 Å². The molecule has 0 nitrogen and oxygen atoms in total. The van der Waals surface area contributed by atoms with E-state index in [4.69, 9.17) is 0 Å². The van der Waals surface area contributed by atoms with Gasteiger partial charge in [-0.25, -0.2) is 5.73 Å². The van der Waals surface area contributed by atoms with Gasteiger partial charge in [0.1, 0.15) is 0 Å². The van der Waals surface area contributed by atoms with Crippen LogP contribution in [0.25, 0.3) is 0 Å². The monoisotopic (exact) mass is 686 g/mol. The van der Waals surface area contributed by atoms with E-state index in [9.17, 15) is 0 Å². The fourth-order valence-electron chi connectivity index (χ4n) is 6.39. The molecule has 0 N–H and O–H groups in total. The predicted octanol–water partition coefficient (Wildman–Crippen LogP) is 9.32. The Morgan fingerprint density at radius 1 is 0.511 bits per heavy atom. The Labute approximate surface area is 296 Å². The van der Waals surface area contributed by atoms with Crippen LogP contribution in [0.2, 0.25) is 0 Å². The van der Waals surface area contributed by atoms with Crippen molar-refractivity contribution in [3.8, 4) is 0 Å². The first-order chi connectivity index (χ1) is 22.0. The molecule has 0 heterocycles. The van der Waals surface area contributed by atoms with Gasteiger partial charge in [0.25, 0.3) is 0 Å². The first-order valence-corrected chi connectivity index (χ1v) is 18.4. The quantitative estimate of drug-likeness (QED) is 0.0787. The second-order valence-corrected chi connectivity index (χ2v) is 17.2. The molecule has 0 unspecified atom stereocenters. The molecule has 6 rings (SSSR count). The van der Waals surface area contributed by atoms with Crippen LogP contribution in [0.4, 0.5) is 0 Å². The van der Waals surface area contributed by atoms with Gasteiger partial charge in [0.15, 0.2) is 0 Å². The van der Waals surface area contributed by atoms with Crippen LogP contribution in [0.5, 0.6) is 0 Å². The van der Waals surface area contributed by atoms with Crippen molar-refractivity contribution in [3.05, 3.63) is 175 Å². The Hall–Kier alpha value is -3.40. The standard InChI is InChI=1S/C39H40P2.C5.Fe/c1-25-13-26(2)18-34(17-25)40(35-19-27(3)14-28(4)20-35)33(9)38-11-10-12-39(38)41(36-21-29(5)15-30(6)22-36)37-23-31(7)16-32(8)24-37;1-2-4-5-3-1;/h13-24,33H,1-9H3;;/q2*-1;+2/t33-;;/m0../s1. The van der Waals surface area contributed by atoms with E-state index in [2.05, 4.69) is 182 Å². The van der Waals surface area contributed by atoms with E-state index in [-0.39, 0.29) is 22.7 Å². The Morgan fingerprint density at radius 3 is 1.21 bits per heavy atom. The van der Waals surface area contributed by atoms with E-state index in [0.717, 1.165) is 0 Å². The molecule has 0 fully saturated rings. The zero-order chi connectivity index (χ0) is 33.0. The minimum atomic E-state index is -0.822. The summed E-state index contributed by atoms with van der Waals surface area (Å²) < 4.78 is 0. The van der Waals surface area contributed by atoms with Gasteiger partial charge < -0.3 is 0 Å². The molecule has 0 spiro atoms. The molecular formula is C44H40FeP2. The van der Waals surface area contributed by atoms with E-state index in [1.54, 1.807) is 0 Å². The molecule has 4 aromatic rings. The molecule has 2 aliphatic carbocycles. The molecule has 0 saturated carbocycles. The van der Waals surface area contributed by atoms with Crippen molar-refractivity contribution in [2.24, 2.45) is 0 Å². The van der Waals surface area contributed by atoms with Crippen molar-refractivity contribution >= 4 is 37.1 Å². The molecule has 0 amide bonds. The topological polar surface area (TPSA) is 0 Å². The minimum absolute atomic E-state index is 0. The Morgan fingerprint density at radius 2 is 0.894 bits per heavy atom. The van der Waals surface area contributed by atoms with Crippen molar-refractivity contribution in [3.63, 3.8) is 0 Å². The van der Waals surface area contributed by atoms with Crippen molar-refractivity contribution < 1.29 is 17.1 Å². The fraction of sp³-hybridized carbons (Fsp3) is 0.227. The molecule has 234 valence electrons. The molecular weight excluding hydrogens is 646 g/mol. The molecule has 2 aliphatic rings. The van der Waals surface area contributed by atoms with E-state index < -0.39 is 15.8 Å². The molecule has 0 saturated heterocycles. The summed E-state index contributed by atoms with van der Waals surface area (Å²) >= 11 is 0. The smallest absolute Gasteiger partial charge is 0.288 e. The van der Waals surface area contributed by atoms with Gasteiger partial charge in [-0.2, -0.15) is 11.6 Å². The second kappa shape index (κ2) is 16.1. The SMILES string of the molecule is Cc1cc(C)cc(P(C2=C=[C-][C]=C2[C@H](C)P(c2cc(C)cc(C)c2)c2cc(C)cc(C)c2)c2cc(C)cc(C)c2)c1.[C]1=C=C=C=[C-]1.[Fe+2]. The molecule has 0 aliphatic heterocycles. The van der Waals surface area contributed by atoms with Gasteiger partial charge in [-0.05, 0) is 90.2 Å². The summed E-state index contributed by atoms with van der Waals surface area (Å²) in [6.45, 7) is 20.1. The van der Waals surface area contributed by atoms with Crippen LogP contribution in [0, 0.1) is 79.7 Å². The molecule has 3 heteroatoms. The maximum atomic E-state index is 3.62. The third kappa shape index (κ3) is 9.15. The van der Waals surface area contributed by atoms with Crippen LogP contribution >= 0.6 is 15.8 Å². The number of rotatable bonds is 7. The van der Waals surface area contributed by atoms with Crippen molar-refractivity contribution in [1.82, 2.24) is 0 Å². The van der Waals surface area contributed by atoms with E-state index in [1.165, 1.54) is 76.6 Å². The zero-order valence-electron chi connectivity index (χ0n) is 28.8. The summed E-state index contributed by atoms with van der Waals surface area (Å²) in [5.41, 5.74) is 23.1. The summed E-state index contributed by atoms with van der Waals surface area (Å²) in [6, 6.07) is 28.2. The van der Waals surface area contributed by atoms with Crippen molar-refractivity contribution in [2.75, 3.05) is 0 Å². The zero-order valence-corrected chi connectivity index (χ0v) is 31.6. The van der Waals surface area contributed by atoms with Crippen LogP contribution < -0.4 is 21.2 Å². The number of benzene rings is 4. The maximum absolute atomic E-state index is 3.62. The van der Waals surface area contributed by atoms with Crippen LogP contribution in [-0.4, -0.2) is 5.66 Å². The molecule has 47 heavy (non-hydrogen) atoms. The molecule has 2 radical (unpaired) electrons. The van der Waals surface area contributed by atoms with Crippen LogP contribution in [0.3, 0.4) is 0 Å². The van der Waals surface area contributed by atoms with Gasteiger partial charge in [0.05, 0.1) is 0 Å². The Bertz CT molecular complexity index is 1850. The predicted molar refractivity (Wildman–Crippen MR) is 200 cm³/mol. The fourth-order valence-corrected chi connectivity index (χ4v) is 12.3. The summed E-state index contributed by atoms with van der Waals surface area (Å²) in [6.07, 6.45) is 12.0. The van der Waals surface area contributed by atoms with Gasteiger partial charge in [-0.15, -0.1) is 23.5 Å². The summed E-state index contributed by atoms with van der Waals surface area (Å²) in [7, 11) is -1.51. The molecule has 4 aromatic carbocycles. The second-order valence-electron chi connectivity index (χ2n) is 12.5. The van der Waals surface area contributed by atoms with Gasteiger partial charge in [0, 0.05) is 0 Å². The van der Waals surface area contributed by atoms with E-state index in [0.29, 0.717) is 0 Å². The summed E-state index contributed by atoms with van der Waals surface area (Å²) in [5, 5.41) is 6.88. The van der Waals surface area contributed by atoms with Crippen LogP contribution in [0.1, 0.15) is 51.4 Å². The number of allylic oxidation sites excluding steroid dienone is 5. The minimum Gasteiger partial charge on any atom is -0.288 e. The molecule has 0 aromatic heterocycles. The Balaban J connectivity index is 0.000000762. The maximum Gasteiger partial charge on any atom is 2.00 e. The van der Waals surface area contributed by atoms with Gasteiger partial charge >= 0.3 is 17.1 Å². The number of hydrogen-bond acceptors (Lipinski definition) is 0. The summed E-state index contributed by atoms with van der Waals surface area (Å²) in [4.78, 5) is 0. The first-order valence-electron chi connectivity index (χ1n) is 15.7. The number of aryl methyl sites for hydroxylation is 8. The summed E-state index contributed by atoms with van der Waals surface area (Å²) in [5.74, 6) is 0. The third-order valence-corrected chi connectivity index (χ3v) is 12.9. The molecule has 1 atom stereocenters. The van der Waals surface area contributed by atoms with Gasteiger partial charge in [-0.1, -0.05) is 132 Å². The van der Waals surface area contributed by atoms with Crippen LogP contribution in [-0.2, 0) is 17.1 Å². The molecule has 0 bridgehead atoms. The largest absolute Gasteiger partial charge is 2.00 e. The normalized spacial score (nSPS) is 13.1. The Kier molecular flexibility index (Phi) is 12.5. The average molecular weight is 687 g/mol. The first kappa shape index (κ1) is 36.4. The average Bonchev–Trinajstić information content (AvgIpc) is 3.68. The van der Waals surface area contributed by atoms with E-state index in [1.807, 2.05) is 0 Å².